The monoisotopic (exact) mass is 426 g/mol. The first kappa shape index (κ1) is 20.0. The van der Waals surface area contributed by atoms with Crippen LogP contribution in [0, 0.1) is 6.92 Å². The van der Waals surface area contributed by atoms with Gasteiger partial charge in [0.25, 0.3) is 5.91 Å². The molecule has 6 nitrogen and oxygen atoms in total. The van der Waals surface area contributed by atoms with E-state index in [0.717, 1.165) is 44.0 Å². The molecule has 1 aromatic carbocycles. The SMILES string of the molecule is Cc1ccc(Cl)cc1N1CC[NH+](CC(=O)N(C2CC2)[C@H]2CCS(=O)(=O)C2)CC1. The van der Waals surface area contributed by atoms with Gasteiger partial charge >= 0.3 is 0 Å². The minimum absolute atomic E-state index is 0.111. The van der Waals surface area contributed by atoms with Gasteiger partial charge in [0, 0.05) is 22.8 Å². The van der Waals surface area contributed by atoms with Crippen molar-refractivity contribution in [1.29, 1.82) is 0 Å². The second-order valence-corrected chi connectivity index (χ2v) is 11.1. The molecule has 8 heteroatoms. The molecule has 1 aromatic rings. The molecule has 0 aromatic heterocycles. The highest BCUT2D eigenvalue weighted by atomic mass is 35.5. The molecule has 1 aliphatic carbocycles. The second kappa shape index (κ2) is 7.84. The summed E-state index contributed by atoms with van der Waals surface area (Å²) >= 11 is 6.16. The fourth-order valence-corrected chi connectivity index (χ4v) is 6.40. The Labute approximate surface area is 172 Å². The van der Waals surface area contributed by atoms with Crippen molar-refractivity contribution < 1.29 is 18.1 Å². The van der Waals surface area contributed by atoms with Crippen molar-refractivity contribution in [2.24, 2.45) is 0 Å². The van der Waals surface area contributed by atoms with Crippen LogP contribution >= 0.6 is 11.6 Å². The maximum absolute atomic E-state index is 13.0. The molecular formula is C20H29ClN3O3S+. The van der Waals surface area contributed by atoms with Crippen LogP contribution in [0.5, 0.6) is 0 Å². The number of benzene rings is 1. The minimum Gasteiger partial charge on any atom is -0.360 e. The van der Waals surface area contributed by atoms with E-state index in [9.17, 15) is 13.2 Å². The number of rotatable bonds is 5. The van der Waals surface area contributed by atoms with Crippen LogP contribution in [0.2, 0.25) is 5.02 Å². The number of nitrogens with one attached hydrogen (secondary N) is 1. The van der Waals surface area contributed by atoms with E-state index in [1.54, 1.807) is 0 Å². The summed E-state index contributed by atoms with van der Waals surface area (Å²) in [5.41, 5.74) is 2.39. The standard InChI is InChI=1S/C20H28ClN3O3S/c1-15-2-3-16(21)12-19(15)23-9-7-22(8-10-23)13-20(25)24(17-4-5-17)18-6-11-28(26,27)14-18/h2-3,12,17-18H,4-11,13-14H2,1H3/p+1/t18-/m0/s1. The number of piperazine rings is 1. The van der Waals surface area contributed by atoms with E-state index in [0.29, 0.717) is 13.0 Å². The molecule has 4 rings (SSSR count). The summed E-state index contributed by atoms with van der Waals surface area (Å²) in [4.78, 5) is 18.6. The third-order valence-corrected chi connectivity index (χ3v) is 8.20. The summed E-state index contributed by atoms with van der Waals surface area (Å²) in [5.74, 6) is 0.498. The Morgan fingerprint density at radius 3 is 2.54 bits per heavy atom. The quantitative estimate of drug-likeness (QED) is 0.746. The van der Waals surface area contributed by atoms with Crippen molar-refractivity contribution >= 4 is 33.0 Å². The van der Waals surface area contributed by atoms with Gasteiger partial charge in [-0.2, -0.15) is 0 Å². The number of amides is 1. The average molecular weight is 427 g/mol. The van der Waals surface area contributed by atoms with Crippen molar-refractivity contribution in [2.75, 3.05) is 49.1 Å². The lowest BCUT2D eigenvalue weighted by Gasteiger charge is -2.36. The fourth-order valence-electron chi connectivity index (χ4n) is 4.52. The molecule has 3 aliphatic rings. The van der Waals surface area contributed by atoms with Crippen molar-refractivity contribution in [3.8, 4) is 0 Å². The molecule has 0 unspecified atom stereocenters. The highest BCUT2D eigenvalue weighted by Crippen LogP contribution is 2.32. The minimum atomic E-state index is -2.98. The van der Waals surface area contributed by atoms with Crippen LogP contribution in [-0.2, 0) is 14.6 Å². The number of aryl methyl sites for hydroxylation is 1. The number of quaternary nitrogens is 1. The Hall–Kier alpha value is -1.31. The number of sulfone groups is 1. The van der Waals surface area contributed by atoms with E-state index in [1.165, 1.54) is 16.2 Å². The molecule has 2 saturated heterocycles. The Bertz CT molecular complexity index is 848. The summed E-state index contributed by atoms with van der Waals surface area (Å²) in [6, 6.07) is 6.13. The second-order valence-electron chi connectivity index (χ2n) is 8.43. The van der Waals surface area contributed by atoms with Gasteiger partial charge in [-0.15, -0.1) is 0 Å². The smallest absolute Gasteiger partial charge is 0.278 e. The van der Waals surface area contributed by atoms with Crippen LogP contribution in [0.25, 0.3) is 0 Å². The lowest BCUT2D eigenvalue weighted by Crippen LogP contribution is -3.16. The van der Waals surface area contributed by atoms with Gasteiger partial charge in [0.2, 0.25) is 0 Å². The fraction of sp³-hybridized carbons (Fsp3) is 0.650. The molecule has 1 amide bonds. The van der Waals surface area contributed by atoms with Crippen LogP contribution in [0.3, 0.4) is 0 Å². The van der Waals surface area contributed by atoms with Gasteiger partial charge in [-0.1, -0.05) is 17.7 Å². The van der Waals surface area contributed by atoms with E-state index in [-0.39, 0.29) is 29.5 Å². The molecule has 0 radical (unpaired) electrons. The normalized spacial score (nSPS) is 25.1. The lowest BCUT2D eigenvalue weighted by molar-refractivity contribution is -0.892. The van der Waals surface area contributed by atoms with Crippen LogP contribution in [0.1, 0.15) is 24.8 Å². The molecular weight excluding hydrogens is 398 g/mol. The maximum atomic E-state index is 13.0. The number of anilines is 1. The van der Waals surface area contributed by atoms with Gasteiger partial charge in [0.15, 0.2) is 16.4 Å². The molecule has 1 saturated carbocycles. The molecule has 154 valence electrons. The molecule has 0 bridgehead atoms. The zero-order valence-corrected chi connectivity index (χ0v) is 17.9. The maximum Gasteiger partial charge on any atom is 0.278 e. The van der Waals surface area contributed by atoms with E-state index in [1.807, 2.05) is 23.1 Å². The summed E-state index contributed by atoms with van der Waals surface area (Å²) in [6.45, 7) is 6.15. The first-order valence-corrected chi connectivity index (χ1v) is 12.4. The van der Waals surface area contributed by atoms with E-state index >= 15 is 0 Å². The Kier molecular flexibility index (Phi) is 5.60. The molecule has 1 N–H and O–H groups in total. The van der Waals surface area contributed by atoms with Gasteiger partial charge in [0.05, 0.1) is 37.7 Å². The van der Waals surface area contributed by atoms with E-state index in [2.05, 4.69) is 11.8 Å². The van der Waals surface area contributed by atoms with Crippen LogP contribution < -0.4 is 9.80 Å². The van der Waals surface area contributed by atoms with Gasteiger partial charge < -0.3 is 14.7 Å². The number of nitrogens with zero attached hydrogens (tertiary/aromatic N) is 2. The van der Waals surface area contributed by atoms with E-state index < -0.39 is 9.84 Å². The Balaban J connectivity index is 1.35. The van der Waals surface area contributed by atoms with E-state index in [4.69, 9.17) is 11.6 Å². The zero-order valence-electron chi connectivity index (χ0n) is 16.4. The molecule has 0 spiro atoms. The highest BCUT2D eigenvalue weighted by molar-refractivity contribution is 7.91. The van der Waals surface area contributed by atoms with Crippen LogP contribution in [0.4, 0.5) is 5.69 Å². The summed E-state index contributed by atoms with van der Waals surface area (Å²) in [6.07, 6.45) is 2.63. The van der Waals surface area contributed by atoms with Crippen molar-refractivity contribution in [1.82, 2.24) is 4.90 Å². The summed E-state index contributed by atoms with van der Waals surface area (Å²) < 4.78 is 23.7. The topological polar surface area (TPSA) is 62.1 Å². The number of carbonyl (C=O) groups excluding carboxylic acids is 1. The number of hydrogen-bond donors (Lipinski definition) is 1. The first-order valence-electron chi connectivity index (χ1n) is 10.2. The van der Waals surface area contributed by atoms with Crippen LogP contribution in [-0.4, -0.2) is 75.5 Å². The molecule has 3 fully saturated rings. The third kappa shape index (κ3) is 4.47. The predicted molar refractivity (Wildman–Crippen MR) is 111 cm³/mol. The first-order chi connectivity index (χ1) is 13.3. The lowest BCUT2D eigenvalue weighted by atomic mass is 10.1. The summed E-state index contributed by atoms with van der Waals surface area (Å²) in [7, 11) is -2.98. The van der Waals surface area contributed by atoms with Crippen molar-refractivity contribution in [2.45, 2.75) is 38.3 Å². The Morgan fingerprint density at radius 2 is 1.93 bits per heavy atom. The molecule has 28 heavy (non-hydrogen) atoms. The van der Waals surface area contributed by atoms with Crippen LogP contribution in [0.15, 0.2) is 18.2 Å². The van der Waals surface area contributed by atoms with Crippen molar-refractivity contribution in [3.05, 3.63) is 28.8 Å². The molecule has 2 heterocycles. The van der Waals surface area contributed by atoms with Gasteiger partial charge in [0.1, 0.15) is 0 Å². The average Bonchev–Trinajstić information content (AvgIpc) is 3.41. The number of hydrogen-bond acceptors (Lipinski definition) is 4. The molecule has 2 aliphatic heterocycles. The van der Waals surface area contributed by atoms with Gasteiger partial charge in [-0.3, -0.25) is 4.79 Å². The zero-order chi connectivity index (χ0) is 19.9. The summed E-state index contributed by atoms with van der Waals surface area (Å²) in [5, 5.41) is 0.747. The number of halogens is 1. The highest BCUT2D eigenvalue weighted by Gasteiger charge is 2.43. The third-order valence-electron chi connectivity index (χ3n) is 6.21. The largest absolute Gasteiger partial charge is 0.360 e. The predicted octanol–water partition coefficient (Wildman–Crippen LogP) is 0.531. The Morgan fingerprint density at radius 1 is 1.21 bits per heavy atom. The molecule has 1 atom stereocenters. The van der Waals surface area contributed by atoms with Gasteiger partial charge in [-0.05, 0) is 43.9 Å². The number of carbonyl (C=O) groups is 1. The van der Waals surface area contributed by atoms with Gasteiger partial charge in [-0.25, -0.2) is 8.42 Å². The van der Waals surface area contributed by atoms with Crippen molar-refractivity contribution in [3.63, 3.8) is 0 Å².